The van der Waals surface area contributed by atoms with Gasteiger partial charge in [-0.05, 0) is 47.4 Å². The van der Waals surface area contributed by atoms with E-state index < -0.39 is 6.04 Å². The number of benzene rings is 2. The van der Waals surface area contributed by atoms with E-state index in [4.69, 9.17) is 11.6 Å². The summed E-state index contributed by atoms with van der Waals surface area (Å²) in [6, 6.07) is 15.8. The van der Waals surface area contributed by atoms with Crippen molar-refractivity contribution in [2.45, 2.75) is 33.0 Å². The van der Waals surface area contributed by atoms with Crippen molar-refractivity contribution in [3.8, 4) is 0 Å². The predicted molar refractivity (Wildman–Crippen MR) is 117 cm³/mol. The average Bonchev–Trinajstić information content (AvgIpc) is 3.24. The van der Waals surface area contributed by atoms with Gasteiger partial charge in [0.1, 0.15) is 6.04 Å². The van der Waals surface area contributed by atoms with Crippen LogP contribution in [0.1, 0.15) is 35.3 Å². The third-order valence-corrected chi connectivity index (χ3v) is 4.99. The summed E-state index contributed by atoms with van der Waals surface area (Å²) in [5.74, 6) is -0.575. The van der Waals surface area contributed by atoms with Gasteiger partial charge in [-0.15, -0.1) is 0 Å². The SMILES string of the molecule is CC(C)[C@@H](NC(=O)c1ccc(Cl)cc1)C(=O)NCc1ccc(Cn2cccn2)cc1. The third kappa shape index (κ3) is 5.94. The maximum Gasteiger partial charge on any atom is 0.251 e. The summed E-state index contributed by atoms with van der Waals surface area (Å²) >= 11 is 5.87. The van der Waals surface area contributed by atoms with Crippen LogP contribution in [0.3, 0.4) is 0 Å². The number of carbonyl (C=O) groups is 2. The molecule has 0 spiro atoms. The topological polar surface area (TPSA) is 76.0 Å². The van der Waals surface area contributed by atoms with E-state index >= 15 is 0 Å². The van der Waals surface area contributed by atoms with E-state index in [1.54, 1.807) is 30.5 Å². The molecule has 0 saturated carbocycles. The van der Waals surface area contributed by atoms with Gasteiger partial charge in [0.25, 0.3) is 5.91 Å². The molecule has 1 atom stereocenters. The van der Waals surface area contributed by atoms with Gasteiger partial charge < -0.3 is 10.6 Å². The lowest BCUT2D eigenvalue weighted by Gasteiger charge is -2.22. The molecule has 0 aliphatic rings. The highest BCUT2D eigenvalue weighted by Crippen LogP contribution is 2.11. The van der Waals surface area contributed by atoms with E-state index in [0.29, 0.717) is 23.7 Å². The van der Waals surface area contributed by atoms with Crippen LogP contribution in [-0.2, 0) is 17.9 Å². The molecule has 3 rings (SSSR count). The van der Waals surface area contributed by atoms with Gasteiger partial charge in [-0.2, -0.15) is 5.10 Å². The number of aromatic nitrogens is 2. The number of amides is 2. The zero-order chi connectivity index (χ0) is 21.5. The van der Waals surface area contributed by atoms with Crippen molar-refractivity contribution in [2.24, 2.45) is 5.92 Å². The van der Waals surface area contributed by atoms with Crippen LogP contribution in [0.4, 0.5) is 0 Å². The molecular weight excluding hydrogens is 400 g/mol. The molecular formula is C23H25ClN4O2. The quantitative estimate of drug-likeness (QED) is 0.579. The average molecular weight is 425 g/mol. The molecule has 1 aromatic heterocycles. The number of halogens is 1. The molecule has 30 heavy (non-hydrogen) atoms. The van der Waals surface area contributed by atoms with Crippen LogP contribution in [-0.4, -0.2) is 27.6 Å². The minimum absolute atomic E-state index is 0.0577. The fourth-order valence-corrected chi connectivity index (χ4v) is 3.13. The van der Waals surface area contributed by atoms with E-state index in [0.717, 1.165) is 11.1 Å². The van der Waals surface area contributed by atoms with Crippen LogP contribution in [0.15, 0.2) is 67.0 Å². The molecule has 6 nitrogen and oxygen atoms in total. The monoisotopic (exact) mass is 424 g/mol. The smallest absolute Gasteiger partial charge is 0.251 e. The summed E-state index contributed by atoms with van der Waals surface area (Å²) in [6.45, 7) is 4.89. The first-order chi connectivity index (χ1) is 14.4. The van der Waals surface area contributed by atoms with Crippen molar-refractivity contribution < 1.29 is 9.59 Å². The van der Waals surface area contributed by atoms with E-state index in [-0.39, 0.29) is 17.7 Å². The fourth-order valence-electron chi connectivity index (χ4n) is 3.00. The van der Waals surface area contributed by atoms with E-state index in [2.05, 4.69) is 15.7 Å². The van der Waals surface area contributed by atoms with E-state index in [1.807, 2.05) is 55.1 Å². The number of nitrogens with zero attached hydrogens (tertiary/aromatic N) is 2. The van der Waals surface area contributed by atoms with Gasteiger partial charge in [-0.3, -0.25) is 14.3 Å². The molecule has 0 aliphatic heterocycles. The maximum absolute atomic E-state index is 12.7. The second-order valence-electron chi connectivity index (χ2n) is 7.44. The van der Waals surface area contributed by atoms with Crippen molar-refractivity contribution in [3.05, 3.63) is 88.7 Å². The van der Waals surface area contributed by atoms with Gasteiger partial charge in [-0.1, -0.05) is 49.7 Å². The molecule has 0 bridgehead atoms. The lowest BCUT2D eigenvalue weighted by atomic mass is 10.0. The Hall–Kier alpha value is -3.12. The summed E-state index contributed by atoms with van der Waals surface area (Å²) in [7, 11) is 0. The number of hydrogen-bond donors (Lipinski definition) is 2. The second-order valence-corrected chi connectivity index (χ2v) is 7.88. The number of nitrogens with one attached hydrogen (secondary N) is 2. The van der Waals surface area contributed by atoms with E-state index in [9.17, 15) is 9.59 Å². The Balaban J connectivity index is 1.55. The van der Waals surface area contributed by atoms with Crippen LogP contribution in [0.5, 0.6) is 0 Å². The Morgan fingerprint density at radius 1 is 1.03 bits per heavy atom. The summed E-state index contributed by atoms with van der Waals surface area (Å²) in [4.78, 5) is 25.2. The van der Waals surface area contributed by atoms with Gasteiger partial charge >= 0.3 is 0 Å². The molecule has 1 heterocycles. The van der Waals surface area contributed by atoms with Crippen molar-refractivity contribution >= 4 is 23.4 Å². The van der Waals surface area contributed by atoms with Crippen molar-refractivity contribution in [1.82, 2.24) is 20.4 Å². The summed E-state index contributed by atoms with van der Waals surface area (Å²) in [5.41, 5.74) is 2.58. The fraction of sp³-hybridized carbons (Fsp3) is 0.261. The minimum atomic E-state index is -0.632. The first kappa shape index (κ1) is 21.6. The van der Waals surface area contributed by atoms with Crippen LogP contribution < -0.4 is 10.6 Å². The molecule has 0 radical (unpaired) electrons. The van der Waals surface area contributed by atoms with Crippen molar-refractivity contribution in [1.29, 1.82) is 0 Å². The van der Waals surface area contributed by atoms with Gasteiger partial charge in [0.2, 0.25) is 5.91 Å². The summed E-state index contributed by atoms with van der Waals surface area (Å²) in [6.07, 6.45) is 3.67. The highest BCUT2D eigenvalue weighted by Gasteiger charge is 2.24. The molecule has 2 aromatic carbocycles. The van der Waals surface area contributed by atoms with Crippen LogP contribution in [0, 0.1) is 5.92 Å². The Morgan fingerprint density at radius 3 is 2.30 bits per heavy atom. The predicted octanol–water partition coefficient (Wildman–Crippen LogP) is 3.66. The number of rotatable bonds is 8. The van der Waals surface area contributed by atoms with E-state index in [1.165, 1.54) is 0 Å². The number of hydrogen-bond acceptors (Lipinski definition) is 3. The first-order valence-corrected chi connectivity index (χ1v) is 10.2. The molecule has 7 heteroatoms. The summed E-state index contributed by atoms with van der Waals surface area (Å²) < 4.78 is 1.85. The number of carbonyl (C=O) groups excluding carboxylic acids is 2. The summed E-state index contributed by atoms with van der Waals surface area (Å²) in [5, 5.41) is 10.5. The van der Waals surface area contributed by atoms with Crippen molar-refractivity contribution in [2.75, 3.05) is 0 Å². The zero-order valence-electron chi connectivity index (χ0n) is 17.0. The second kappa shape index (κ2) is 10.1. The molecule has 0 fully saturated rings. The molecule has 0 aliphatic carbocycles. The van der Waals surface area contributed by atoms with Gasteiger partial charge in [0, 0.05) is 29.5 Å². The Kier molecular flexibility index (Phi) is 7.25. The van der Waals surface area contributed by atoms with Crippen LogP contribution in [0.25, 0.3) is 0 Å². The molecule has 0 saturated heterocycles. The Morgan fingerprint density at radius 2 is 1.70 bits per heavy atom. The van der Waals surface area contributed by atoms with Crippen LogP contribution >= 0.6 is 11.6 Å². The van der Waals surface area contributed by atoms with Crippen LogP contribution in [0.2, 0.25) is 5.02 Å². The van der Waals surface area contributed by atoms with Gasteiger partial charge in [0.05, 0.1) is 6.54 Å². The molecule has 2 N–H and O–H groups in total. The maximum atomic E-state index is 12.7. The van der Waals surface area contributed by atoms with Gasteiger partial charge in [0.15, 0.2) is 0 Å². The highest BCUT2D eigenvalue weighted by atomic mass is 35.5. The normalized spacial score (nSPS) is 11.9. The lowest BCUT2D eigenvalue weighted by Crippen LogP contribution is -2.49. The Bertz CT molecular complexity index is 967. The molecule has 2 amide bonds. The highest BCUT2D eigenvalue weighted by molar-refractivity contribution is 6.30. The molecule has 3 aromatic rings. The third-order valence-electron chi connectivity index (χ3n) is 4.74. The largest absolute Gasteiger partial charge is 0.350 e. The minimum Gasteiger partial charge on any atom is -0.350 e. The van der Waals surface area contributed by atoms with Gasteiger partial charge in [-0.25, -0.2) is 0 Å². The lowest BCUT2D eigenvalue weighted by molar-refractivity contribution is -0.124. The van der Waals surface area contributed by atoms with Crippen molar-refractivity contribution in [3.63, 3.8) is 0 Å². The zero-order valence-corrected chi connectivity index (χ0v) is 17.8. The standard InChI is InChI=1S/C23H25ClN4O2/c1-16(2)21(27-22(29)19-8-10-20(24)11-9-19)23(30)25-14-17-4-6-18(7-5-17)15-28-13-3-12-26-28/h3-13,16,21H,14-15H2,1-2H3,(H,25,30)(H,27,29)/t21-/m1/s1. The first-order valence-electron chi connectivity index (χ1n) is 9.82. The Labute approximate surface area is 181 Å². The molecule has 156 valence electrons. The molecule has 0 unspecified atom stereocenters.